The van der Waals surface area contributed by atoms with Gasteiger partial charge in [0.1, 0.15) is 11.3 Å². The van der Waals surface area contributed by atoms with Crippen molar-refractivity contribution in [2.75, 3.05) is 21.3 Å². The van der Waals surface area contributed by atoms with Gasteiger partial charge in [-0.05, 0) is 13.0 Å². The molecule has 10 heteroatoms. The molecule has 160 valence electrons. The third kappa shape index (κ3) is 5.16. The van der Waals surface area contributed by atoms with Gasteiger partial charge < -0.3 is 24.3 Å². The Labute approximate surface area is 172 Å². The zero-order valence-corrected chi connectivity index (χ0v) is 17.0. The van der Waals surface area contributed by atoms with Gasteiger partial charge in [0.2, 0.25) is 0 Å². The molecule has 0 heterocycles. The fourth-order valence-corrected chi connectivity index (χ4v) is 2.64. The van der Waals surface area contributed by atoms with Crippen LogP contribution in [0.3, 0.4) is 0 Å². The number of carbonyl (C=O) groups is 2. The molecule has 10 nitrogen and oxygen atoms in total. The second-order valence-corrected chi connectivity index (χ2v) is 6.06. The maximum Gasteiger partial charge on any atom is 0.346 e. The first-order chi connectivity index (χ1) is 14.3. The molecule has 1 atom stereocenters. The van der Waals surface area contributed by atoms with Crippen molar-refractivity contribution in [3.63, 3.8) is 0 Å². The van der Waals surface area contributed by atoms with Crippen LogP contribution in [0.4, 0.5) is 5.69 Å². The predicted octanol–water partition coefficient (Wildman–Crippen LogP) is 2.48. The number of nitro groups is 1. The van der Waals surface area contributed by atoms with Crippen LogP contribution in [0.15, 0.2) is 36.4 Å². The van der Waals surface area contributed by atoms with Crippen LogP contribution in [0.5, 0.6) is 17.2 Å². The quantitative estimate of drug-likeness (QED) is 0.374. The highest BCUT2D eigenvalue weighted by molar-refractivity contribution is 5.96. The van der Waals surface area contributed by atoms with Crippen molar-refractivity contribution in [2.24, 2.45) is 0 Å². The normalized spacial score (nSPS) is 11.2. The Morgan fingerprint density at radius 3 is 2.23 bits per heavy atom. The molecule has 2 rings (SSSR count). The lowest BCUT2D eigenvalue weighted by atomic mass is 10.1. The first-order valence-electron chi connectivity index (χ1n) is 8.83. The van der Waals surface area contributed by atoms with Crippen LogP contribution in [0.2, 0.25) is 0 Å². The van der Waals surface area contributed by atoms with Crippen LogP contribution >= 0.6 is 0 Å². The smallest absolute Gasteiger partial charge is 0.346 e. The van der Waals surface area contributed by atoms with Crippen LogP contribution in [0.25, 0.3) is 0 Å². The molecule has 0 spiro atoms. The number of nitrogens with one attached hydrogen (secondary N) is 1. The standard InChI is InChI=1S/C20H22N2O8/c1-12(19(23)21-11-13-7-5-6-8-16(13)27-2)30-20(24)14-9-17(28-3)18(29-4)10-15(14)22(25)26/h5-10,12H,11H2,1-4H3,(H,21,23)/t12-/m0/s1. The number of carbonyl (C=O) groups excluding carboxylic acids is 2. The van der Waals surface area contributed by atoms with Crippen LogP contribution < -0.4 is 19.5 Å². The molecular weight excluding hydrogens is 396 g/mol. The largest absolute Gasteiger partial charge is 0.496 e. The lowest BCUT2D eigenvalue weighted by Gasteiger charge is -2.15. The second-order valence-electron chi connectivity index (χ2n) is 6.06. The van der Waals surface area contributed by atoms with E-state index in [1.54, 1.807) is 24.3 Å². The Hall–Kier alpha value is -3.82. The van der Waals surface area contributed by atoms with E-state index in [4.69, 9.17) is 18.9 Å². The third-order valence-electron chi connectivity index (χ3n) is 4.22. The van der Waals surface area contributed by atoms with E-state index >= 15 is 0 Å². The van der Waals surface area contributed by atoms with Gasteiger partial charge in [0.25, 0.3) is 11.6 Å². The van der Waals surface area contributed by atoms with Crippen LogP contribution in [-0.2, 0) is 16.1 Å². The lowest BCUT2D eigenvalue weighted by Crippen LogP contribution is -2.35. The van der Waals surface area contributed by atoms with E-state index in [-0.39, 0.29) is 23.6 Å². The minimum Gasteiger partial charge on any atom is -0.496 e. The summed E-state index contributed by atoms with van der Waals surface area (Å²) in [6.45, 7) is 1.52. The summed E-state index contributed by atoms with van der Waals surface area (Å²) in [4.78, 5) is 35.4. The number of esters is 1. The van der Waals surface area contributed by atoms with E-state index in [1.165, 1.54) is 28.3 Å². The van der Waals surface area contributed by atoms with E-state index in [1.807, 2.05) is 0 Å². The molecule has 2 aromatic rings. The molecule has 0 radical (unpaired) electrons. The Kier molecular flexibility index (Phi) is 7.56. The zero-order valence-electron chi connectivity index (χ0n) is 17.0. The fourth-order valence-electron chi connectivity index (χ4n) is 2.64. The van der Waals surface area contributed by atoms with Gasteiger partial charge >= 0.3 is 5.97 Å². The van der Waals surface area contributed by atoms with Gasteiger partial charge in [-0.3, -0.25) is 14.9 Å². The average Bonchev–Trinajstić information content (AvgIpc) is 2.76. The van der Waals surface area contributed by atoms with Crippen molar-refractivity contribution in [3.05, 3.63) is 57.6 Å². The molecule has 0 unspecified atom stereocenters. The molecule has 0 aliphatic rings. The molecule has 0 aliphatic carbocycles. The summed E-state index contributed by atoms with van der Waals surface area (Å²) in [7, 11) is 4.15. The molecule has 1 amide bonds. The number of amides is 1. The van der Waals surface area contributed by atoms with E-state index in [0.717, 1.165) is 17.7 Å². The molecule has 0 aliphatic heterocycles. The first-order valence-corrected chi connectivity index (χ1v) is 8.83. The summed E-state index contributed by atoms with van der Waals surface area (Å²) < 4.78 is 20.4. The van der Waals surface area contributed by atoms with Crippen LogP contribution in [-0.4, -0.2) is 44.2 Å². The molecule has 30 heavy (non-hydrogen) atoms. The molecule has 0 saturated heterocycles. The second kappa shape index (κ2) is 10.1. The first kappa shape index (κ1) is 22.5. The number of benzene rings is 2. The highest BCUT2D eigenvalue weighted by atomic mass is 16.6. The van der Waals surface area contributed by atoms with Crippen molar-refractivity contribution in [1.82, 2.24) is 5.32 Å². The molecule has 0 aromatic heterocycles. The number of methoxy groups -OCH3 is 3. The van der Waals surface area contributed by atoms with Gasteiger partial charge in [-0.25, -0.2) is 4.79 Å². The summed E-state index contributed by atoms with van der Waals surface area (Å²) in [5.41, 5.74) is -0.149. The van der Waals surface area contributed by atoms with Crippen molar-refractivity contribution in [2.45, 2.75) is 19.6 Å². The summed E-state index contributed by atoms with van der Waals surface area (Å²) in [5, 5.41) is 14.0. The topological polar surface area (TPSA) is 126 Å². The zero-order chi connectivity index (χ0) is 22.3. The Morgan fingerprint density at radius 2 is 1.63 bits per heavy atom. The number of nitro benzene ring substituents is 1. The third-order valence-corrected chi connectivity index (χ3v) is 4.22. The minimum absolute atomic E-state index is 0.0864. The monoisotopic (exact) mass is 418 g/mol. The van der Waals surface area contributed by atoms with Crippen LogP contribution in [0.1, 0.15) is 22.8 Å². The predicted molar refractivity (Wildman–Crippen MR) is 106 cm³/mol. The summed E-state index contributed by atoms with van der Waals surface area (Å²) in [6, 6.07) is 9.32. The van der Waals surface area contributed by atoms with Gasteiger partial charge in [0, 0.05) is 18.2 Å². The molecule has 0 bridgehead atoms. The van der Waals surface area contributed by atoms with Crippen molar-refractivity contribution < 1.29 is 33.5 Å². The lowest BCUT2D eigenvalue weighted by molar-refractivity contribution is -0.385. The molecule has 2 aromatic carbocycles. The Bertz CT molecular complexity index is 944. The number of rotatable bonds is 9. The number of hydrogen-bond donors (Lipinski definition) is 1. The molecule has 0 saturated carbocycles. The van der Waals surface area contributed by atoms with E-state index in [9.17, 15) is 19.7 Å². The average molecular weight is 418 g/mol. The van der Waals surface area contributed by atoms with Crippen molar-refractivity contribution >= 4 is 17.6 Å². The molecule has 1 N–H and O–H groups in total. The van der Waals surface area contributed by atoms with E-state index in [2.05, 4.69) is 5.32 Å². The summed E-state index contributed by atoms with van der Waals surface area (Å²) in [6.07, 6.45) is -1.19. The maximum atomic E-state index is 12.5. The minimum atomic E-state index is -1.19. The number of para-hydroxylation sites is 1. The van der Waals surface area contributed by atoms with E-state index < -0.39 is 28.6 Å². The van der Waals surface area contributed by atoms with Gasteiger partial charge in [0.05, 0.1) is 32.3 Å². The Morgan fingerprint density at radius 1 is 1.03 bits per heavy atom. The number of ether oxygens (including phenoxy) is 4. The molecule has 0 fully saturated rings. The Balaban J connectivity index is 2.12. The maximum absolute atomic E-state index is 12.5. The summed E-state index contributed by atoms with van der Waals surface area (Å²) >= 11 is 0. The highest BCUT2D eigenvalue weighted by Gasteiger charge is 2.28. The number of nitrogens with zero attached hydrogens (tertiary/aromatic N) is 1. The summed E-state index contributed by atoms with van der Waals surface area (Å²) in [5.74, 6) is -0.810. The van der Waals surface area contributed by atoms with Crippen LogP contribution in [0, 0.1) is 10.1 Å². The van der Waals surface area contributed by atoms with Gasteiger partial charge in [0.15, 0.2) is 17.6 Å². The fraction of sp³-hybridized carbons (Fsp3) is 0.300. The van der Waals surface area contributed by atoms with E-state index in [0.29, 0.717) is 5.75 Å². The van der Waals surface area contributed by atoms with Gasteiger partial charge in [-0.1, -0.05) is 18.2 Å². The highest BCUT2D eigenvalue weighted by Crippen LogP contribution is 2.35. The van der Waals surface area contributed by atoms with Crippen molar-refractivity contribution in [1.29, 1.82) is 0 Å². The SMILES string of the molecule is COc1ccccc1CNC(=O)[C@H](C)OC(=O)c1cc(OC)c(OC)cc1[N+](=O)[O-]. The van der Waals surface area contributed by atoms with Crippen molar-refractivity contribution in [3.8, 4) is 17.2 Å². The van der Waals surface area contributed by atoms with Gasteiger partial charge in [-0.2, -0.15) is 0 Å². The number of hydrogen-bond acceptors (Lipinski definition) is 8. The van der Waals surface area contributed by atoms with Gasteiger partial charge in [-0.15, -0.1) is 0 Å². The molecular formula is C20H22N2O8.